The van der Waals surface area contributed by atoms with E-state index in [1.54, 1.807) is 6.07 Å². The van der Waals surface area contributed by atoms with E-state index in [1.807, 2.05) is 0 Å². The Morgan fingerprint density at radius 3 is 2.75 bits per heavy atom. The van der Waals surface area contributed by atoms with Gasteiger partial charge in [-0.25, -0.2) is 18.6 Å². The molecule has 0 atom stereocenters. The highest BCUT2D eigenvalue weighted by Gasteiger charge is 2.09. The molecule has 2 aromatic rings. The predicted octanol–water partition coefficient (Wildman–Crippen LogP) is 3.43. The number of hydrogen-bond donors (Lipinski definition) is 2. The Kier molecular flexibility index (Phi) is 4.29. The first-order chi connectivity index (χ1) is 9.47. The van der Waals surface area contributed by atoms with Gasteiger partial charge in [0, 0.05) is 6.07 Å². The van der Waals surface area contributed by atoms with Gasteiger partial charge in [-0.15, -0.1) is 0 Å². The zero-order valence-corrected chi connectivity index (χ0v) is 11.6. The number of anilines is 1. The minimum atomic E-state index is -1.15. The summed E-state index contributed by atoms with van der Waals surface area (Å²) in [6.45, 7) is 0.0825. The first-order valence-corrected chi connectivity index (χ1v) is 6.34. The first-order valence-electron chi connectivity index (χ1n) is 5.55. The molecule has 2 N–H and O–H groups in total. The third-order valence-corrected chi connectivity index (χ3v) is 3.10. The van der Waals surface area contributed by atoms with E-state index in [-0.39, 0.29) is 22.4 Å². The Bertz CT molecular complexity index is 665. The molecule has 2 rings (SSSR count). The van der Waals surface area contributed by atoms with Crippen molar-refractivity contribution < 1.29 is 18.7 Å². The van der Waals surface area contributed by atoms with E-state index in [0.29, 0.717) is 5.69 Å². The van der Waals surface area contributed by atoms with Gasteiger partial charge in [0.05, 0.1) is 22.4 Å². The monoisotopic (exact) mass is 342 g/mol. The molecule has 1 aromatic heterocycles. The number of rotatable bonds is 4. The van der Waals surface area contributed by atoms with Gasteiger partial charge in [0.25, 0.3) is 0 Å². The molecular weight excluding hydrogens is 334 g/mol. The van der Waals surface area contributed by atoms with Gasteiger partial charge in [0.1, 0.15) is 17.3 Å². The van der Waals surface area contributed by atoms with Crippen LogP contribution >= 0.6 is 15.9 Å². The standard InChI is InChI=1S/C13H9BrF2N2O2/c14-8-4-10(16)12(5-9(8)15)17-6-7-2-1-3-11(18-7)13(19)20/h1-5,17H,6H2,(H,19,20). The van der Waals surface area contributed by atoms with Crippen LogP contribution in [0.5, 0.6) is 0 Å². The molecule has 20 heavy (non-hydrogen) atoms. The van der Waals surface area contributed by atoms with Crippen molar-refractivity contribution in [2.75, 3.05) is 5.32 Å². The van der Waals surface area contributed by atoms with Crippen LogP contribution < -0.4 is 5.32 Å². The molecule has 104 valence electrons. The molecule has 0 fully saturated rings. The fourth-order valence-corrected chi connectivity index (χ4v) is 1.86. The van der Waals surface area contributed by atoms with Gasteiger partial charge in [0.15, 0.2) is 0 Å². The van der Waals surface area contributed by atoms with Crippen molar-refractivity contribution in [2.45, 2.75) is 6.54 Å². The summed E-state index contributed by atoms with van der Waals surface area (Å²) in [4.78, 5) is 14.6. The molecule has 0 unspecified atom stereocenters. The summed E-state index contributed by atoms with van der Waals surface area (Å²) in [5.74, 6) is -2.36. The van der Waals surface area contributed by atoms with Crippen LogP contribution in [0.15, 0.2) is 34.8 Å². The minimum Gasteiger partial charge on any atom is -0.477 e. The van der Waals surface area contributed by atoms with Crippen LogP contribution in [0.2, 0.25) is 0 Å². The molecule has 0 amide bonds. The number of pyridine rings is 1. The summed E-state index contributed by atoms with van der Waals surface area (Å²) >= 11 is 2.88. The van der Waals surface area contributed by atoms with Gasteiger partial charge in [-0.2, -0.15) is 0 Å². The van der Waals surface area contributed by atoms with E-state index in [9.17, 15) is 13.6 Å². The molecule has 4 nitrogen and oxygen atoms in total. The zero-order chi connectivity index (χ0) is 14.7. The van der Waals surface area contributed by atoms with E-state index >= 15 is 0 Å². The maximum atomic E-state index is 13.6. The van der Waals surface area contributed by atoms with E-state index in [1.165, 1.54) is 12.1 Å². The molecule has 0 bridgehead atoms. The van der Waals surface area contributed by atoms with Crippen LogP contribution in [0.25, 0.3) is 0 Å². The molecular formula is C13H9BrF2N2O2. The predicted molar refractivity (Wildman–Crippen MR) is 72.6 cm³/mol. The lowest BCUT2D eigenvalue weighted by Gasteiger charge is -2.08. The average molecular weight is 343 g/mol. The van der Waals surface area contributed by atoms with Gasteiger partial charge in [0.2, 0.25) is 0 Å². The number of carboxylic acid groups (broad SMARTS) is 1. The number of benzene rings is 1. The van der Waals surface area contributed by atoms with E-state index in [2.05, 4.69) is 26.2 Å². The van der Waals surface area contributed by atoms with Gasteiger partial charge < -0.3 is 10.4 Å². The molecule has 1 aromatic carbocycles. The highest BCUT2D eigenvalue weighted by Crippen LogP contribution is 2.23. The Morgan fingerprint density at radius 2 is 2.05 bits per heavy atom. The topological polar surface area (TPSA) is 62.2 Å². The second kappa shape index (κ2) is 5.96. The van der Waals surface area contributed by atoms with Gasteiger partial charge >= 0.3 is 5.97 Å². The number of nitrogens with zero attached hydrogens (tertiary/aromatic N) is 1. The van der Waals surface area contributed by atoms with Crippen LogP contribution in [0, 0.1) is 11.6 Å². The summed E-state index contributed by atoms with van der Waals surface area (Å²) < 4.78 is 26.9. The van der Waals surface area contributed by atoms with Crippen molar-refractivity contribution in [3.63, 3.8) is 0 Å². The number of halogens is 3. The summed E-state index contributed by atoms with van der Waals surface area (Å²) in [6.07, 6.45) is 0. The molecule has 0 saturated heterocycles. The molecule has 0 aliphatic carbocycles. The van der Waals surface area contributed by atoms with Crippen LogP contribution in [0.3, 0.4) is 0 Å². The van der Waals surface area contributed by atoms with Crippen molar-refractivity contribution in [1.29, 1.82) is 0 Å². The van der Waals surface area contributed by atoms with Crippen LogP contribution in [-0.4, -0.2) is 16.1 Å². The van der Waals surface area contributed by atoms with Crippen molar-refractivity contribution in [3.8, 4) is 0 Å². The normalized spacial score (nSPS) is 10.3. The lowest BCUT2D eigenvalue weighted by molar-refractivity contribution is 0.0690. The fourth-order valence-electron chi connectivity index (χ4n) is 1.54. The van der Waals surface area contributed by atoms with E-state index < -0.39 is 17.6 Å². The van der Waals surface area contributed by atoms with E-state index in [4.69, 9.17) is 5.11 Å². The van der Waals surface area contributed by atoms with Crippen LogP contribution in [0.4, 0.5) is 14.5 Å². The third-order valence-electron chi connectivity index (χ3n) is 2.50. The Balaban J connectivity index is 2.15. The highest BCUT2D eigenvalue weighted by atomic mass is 79.9. The van der Waals surface area contributed by atoms with Gasteiger partial charge in [-0.05, 0) is 34.1 Å². The smallest absolute Gasteiger partial charge is 0.354 e. The zero-order valence-electron chi connectivity index (χ0n) is 10.0. The average Bonchev–Trinajstić information content (AvgIpc) is 2.41. The SMILES string of the molecule is O=C(O)c1cccc(CNc2cc(F)c(Br)cc2F)n1. The maximum Gasteiger partial charge on any atom is 0.354 e. The van der Waals surface area contributed by atoms with Crippen molar-refractivity contribution in [2.24, 2.45) is 0 Å². The summed E-state index contributed by atoms with van der Waals surface area (Å²) in [5.41, 5.74) is 0.285. The molecule has 0 radical (unpaired) electrons. The first kappa shape index (κ1) is 14.4. The number of hydrogen-bond acceptors (Lipinski definition) is 3. The number of carbonyl (C=O) groups is 1. The van der Waals surface area contributed by atoms with Gasteiger partial charge in [-0.3, -0.25) is 0 Å². The Morgan fingerprint density at radius 1 is 1.30 bits per heavy atom. The number of aromatic nitrogens is 1. The lowest BCUT2D eigenvalue weighted by Crippen LogP contribution is -2.07. The second-order valence-electron chi connectivity index (χ2n) is 3.92. The molecule has 7 heteroatoms. The number of nitrogens with one attached hydrogen (secondary N) is 1. The molecule has 0 aliphatic rings. The van der Waals surface area contributed by atoms with Crippen molar-refractivity contribution in [1.82, 2.24) is 4.98 Å². The van der Waals surface area contributed by atoms with Gasteiger partial charge in [-0.1, -0.05) is 6.07 Å². The number of aromatic carboxylic acids is 1. The Labute approximate surface area is 121 Å². The largest absolute Gasteiger partial charge is 0.477 e. The summed E-state index contributed by atoms with van der Waals surface area (Å²) in [5, 5.41) is 11.5. The van der Waals surface area contributed by atoms with Crippen molar-refractivity contribution >= 4 is 27.6 Å². The highest BCUT2D eigenvalue weighted by molar-refractivity contribution is 9.10. The lowest BCUT2D eigenvalue weighted by atomic mass is 10.2. The molecule has 0 spiro atoms. The summed E-state index contributed by atoms with van der Waals surface area (Å²) in [6, 6.07) is 6.50. The second-order valence-corrected chi connectivity index (χ2v) is 4.77. The molecule has 0 aliphatic heterocycles. The quantitative estimate of drug-likeness (QED) is 0.835. The minimum absolute atomic E-state index is 0.0202. The van der Waals surface area contributed by atoms with Crippen LogP contribution in [0.1, 0.15) is 16.2 Å². The van der Waals surface area contributed by atoms with Crippen LogP contribution in [-0.2, 0) is 6.54 Å². The third kappa shape index (κ3) is 3.30. The fraction of sp³-hybridized carbons (Fsp3) is 0.0769. The molecule has 1 heterocycles. The maximum absolute atomic E-state index is 13.6. The van der Waals surface area contributed by atoms with Crippen molar-refractivity contribution in [3.05, 3.63) is 57.8 Å². The molecule has 0 saturated carbocycles. The Hall–Kier alpha value is -2.02. The summed E-state index contributed by atoms with van der Waals surface area (Å²) in [7, 11) is 0. The van der Waals surface area contributed by atoms with E-state index in [0.717, 1.165) is 12.1 Å². The number of carboxylic acids is 1.